The van der Waals surface area contributed by atoms with Crippen LogP contribution in [0.25, 0.3) is 38.5 Å². The normalized spacial score (nSPS) is 11.5. The third-order valence-corrected chi connectivity index (χ3v) is 12.9. The van der Waals surface area contributed by atoms with Gasteiger partial charge in [0.15, 0.2) is 29.3 Å². The lowest BCUT2D eigenvalue weighted by Gasteiger charge is -2.24. The fraction of sp³-hybridized carbons (Fsp3) is 0.342. The van der Waals surface area contributed by atoms with Crippen molar-refractivity contribution < 1.29 is 76.1 Å². The van der Waals surface area contributed by atoms with Crippen LogP contribution in [-0.2, 0) is 35.0 Å². The zero-order valence-electron chi connectivity index (χ0n) is 56.7. The Hall–Kier alpha value is -10.1. The molecule has 5 aromatic carbocycles. The summed E-state index contributed by atoms with van der Waals surface area (Å²) in [5.41, 5.74) is 10.5. The number of nitrogens with one attached hydrogen (secondary N) is 2. The highest BCUT2D eigenvalue weighted by Crippen LogP contribution is 2.51. The van der Waals surface area contributed by atoms with Gasteiger partial charge in [0.1, 0.15) is 34.8 Å². The van der Waals surface area contributed by atoms with Crippen LogP contribution in [0.15, 0.2) is 152 Å². The number of nitrogens with zero attached hydrogens (tertiary/aromatic N) is 1. The first-order chi connectivity index (χ1) is 44.4. The molecule has 0 saturated carbocycles. The maximum atomic E-state index is 14.6. The summed E-state index contributed by atoms with van der Waals surface area (Å²) in [4.78, 5) is 74.6. The quantitative estimate of drug-likeness (QED) is 0.0188. The van der Waals surface area contributed by atoms with E-state index in [0.717, 1.165) is 18.3 Å². The standard InChI is InChI=1S/C54H57N3O12.C8H17NO2.C7H8.C2H4O2.C2H6/c1-11-16-32(17-12-2)27-40(56-53(61)69-54(3,4)5)52(60)68-49-36-24-25-57-41(31-58)47(38-29-35(62-6)21-23-42(38)63-7)46(48(57)37(36)30-45(65-9)50(49)66-10)34-20-22-43(44(28-34)64-8)67-51(59)39(55)26-33-18-14-13-15-19-33;1-5-6-9-7(10)11-8(2,3)4;1-7-5-3-2-4-6-7;1-4-2-3;1-2/h11-25,28-31,39-40H,1,26-27,55H2,2-10H3,(H,56,61);5-6H2,1-4H3,(H,9,10);2-6H,1H3;2H,1H3;1-2H3/b17-12-,32-16+;;;;. The highest BCUT2D eigenvalue weighted by molar-refractivity contribution is 6.15. The number of aldehydes is 1. The first-order valence-electron chi connectivity index (χ1n) is 30.1. The summed E-state index contributed by atoms with van der Waals surface area (Å²) in [5.74, 6) is -0.117. The minimum absolute atomic E-state index is 0.00623. The minimum Gasteiger partial charge on any atom is -0.497 e. The van der Waals surface area contributed by atoms with Crippen molar-refractivity contribution in [3.63, 3.8) is 0 Å². The summed E-state index contributed by atoms with van der Waals surface area (Å²) in [7, 11) is 8.64. The smallest absolute Gasteiger partial charge is 0.408 e. The molecule has 500 valence electrons. The second-order valence-electron chi connectivity index (χ2n) is 22.1. The molecule has 93 heavy (non-hydrogen) atoms. The maximum absolute atomic E-state index is 14.6. The molecule has 0 spiro atoms. The summed E-state index contributed by atoms with van der Waals surface area (Å²) in [6.45, 7) is 25.4. The van der Waals surface area contributed by atoms with Crippen molar-refractivity contribution >= 4 is 53.2 Å². The SMILES string of the molecule is C=C/C=C(\C=C/C)CC(NC(=O)OC(C)(C)C)C(=O)Oc1c(OC)c(OC)cc2c1ccn1c(C=O)c(-c3cc(OC)ccc3OC)c(-c3ccc(OC(=O)C(N)Cc4ccccc4)c(OC)c3)c21.CC.CCCNC(=O)OC(C)(C)C.COC=O.Cc1ccccc1. The highest BCUT2D eigenvalue weighted by Gasteiger charge is 2.32. The molecule has 2 amide bonds. The van der Waals surface area contributed by atoms with Crippen LogP contribution >= 0.6 is 0 Å². The average molecular weight is 1280 g/mol. The average Bonchev–Trinajstić information content (AvgIpc) is 1.60. The lowest BCUT2D eigenvalue weighted by atomic mass is 9.93. The van der Waals surface area contributed by atoms with E-state index in [1.165, 1.54) is 48.2 Å². The van der Waals surface area contributed by atoms with Crippen molar-refractivity contribution in [2.75, 3.05) is 49.2 Å². The molecule has 0 radical (unpaired) electrons. The van der Waals surface area contributed by atoms with E-state index in [9.17, 15) is 24.0 Å². The molecular weight excluding hydrogens is 1190 g/mol. The Balaban J connectivity index is 0.000000791. The Morgan fingerprint density at radius 2 is 1.27 bits per heavy atom. The van der Waals surface area contributed by atoms with Crippen LogP contribution in [0.1, 0.15) is 104 Å². The first kappa shape index (κ1) is 77.2. The Morgan fingerprint density at radius 3 is 1.78 bits per heavy atom. The third kappa shape index (κ3) is 23.3. The van der Waals surface area contributed by atoms with Gasteiger partial charge in [-0.05, 0) is 127 Å². The predicted molar refractivity (Wildman–Crippen MR) is 364 cm³/mol. The second-order valence-corrected chi connectivity index (χ2v) is 22.1. The molecule has 0 aliphatic heterocycles. The van der Waals surface area contributed by atoms with E-state index in [-0.39, 0.29) is 53.4 Å². The lowest BCUT2D eigenvalue weighted by Crippen LogP contribution is -2.45. The molecule has 2 atom stereocenters. The van der Waals surface area contributed by atoms with Crippen molar-refractivity contribution in [2.45, 2.75) is 119 Å². The molecule has 7 aromatic rings. The summed E-state index contributed by atoms with van der Waals surface area (Å²) < 4.78 is 57.4. The first-order valence-corrected chi connectivity index (χ1v) is 30.1. The van der Waals surface area contributed by atoms with E-state index >= 15 is 0 Å². The van der Waals surface area contributed by atoms with Crippen LogP contribution in [0.4, 0.5) is 9.59 Å². The monoisotopic (exact) mass is 1280 g/mol. The number of alkyl carbamates (subject to hydrolysis) is 2. The highest BCUT2D eigenvalue weighted by atomic mass is 16.6. The number of allylic oxidation sites excluding steroid dienone is 4. The number of fused-ring (bicyclic) bond motifs is 3. The number of ether oxygens (including phenoxy) is 10. The van der Waals surface area contributed by atoms with Gasteiger partial charge >= 0.3 is 24.1 Å². The van der Waals surface area contributed by atoms with Gasteiger partial charge < -0.3 is 68.1 Å². The molecule has 0 saturated heterocycles. The number of rotatable bonds is 22. The number of methoxy groups -OCH3 is 6. The number of benzene rings is 5. The van der Waals surface area contributed by atoms with Crippen LogP contribution in [-0.4, -0.2) is 114 Å². The summed E-state index contributed by atoms with van der Waals surface area (Å²) in [6.07, 6.45) is 9.29. The second kappa shape index (κ2) is 38.6. The van der Waals surface area contributed by atoms with Crippen LogP contribution in [0.5, 0.6) is 40.2 Å². The molecule has 2 aromatic heterocycles. The van der Waals surface area contributed by atoms with Crippen molar-refractivity contribution in [1.29, 1.82) is 0 Å². The Labute approximate surface area is 546 Å². The predicted octanol–water partition coefficient (Wildman–Crippen LogP) is 14.4. The van der Waals surface area contributed by atoms with Gasteiger partial charge in [0, 0.05) is 46.6 Å². The number of hydrogen-bond acceptors (Lipinski definition) is 17. The Kier molecular flexibility index (Phi) is 32.0. The molecule has 0 fully saturated rings. The number of pyridine rings is 1. The van der Waals surface area contributed by atoms with E-state index < -0.39 is 41.3 Å². The van der Waals surface area contributed by atoms with Crippen LogP contribution < -0.4 is 49.5 Å². The number of nitrogens with two attached hydrogens (primary N) is 1. The molecule has 0 aliphatic rings. The van der Waals surface area contributed by atoms with Crippen molar-refractivity contribution in [3.05, 3.63) is 169 Å². The number of hydrogen-bond donors (Lipinski definition) is 3. The number of carbonyl (C=O) groups is 6. The maximum Gasteiger partial charge on any atom is 0.408 e. The number of aryl methyl sites for hydroxylation is 1. The summed E-state index contributed by atoms with van der Waals surface area (Å²) in [6, 6.07) is 31.0. The van der Waals surface area contributed by atoms with Crippen LogP contribution in [0.3, 0.4) is 0 Å². The van der Waals surface area contributed by atoms with Crippen molar-refractivity contribution in [3.8, 4) is 62.5 Å². The van der Waals surface area contributed by atoms with Gasteiger partial charge in [-0.1, -0.05) is 124 Å². The number of amides is 2. The fourth-order valence-corrected chi connectivity index (χ4v) is 9.02. The van der Waals surface area contributed by atoms with E-state index in [0.29, 0.717) is 68.6 Å². The van der Waals surface area contributed by atoms with Gasteiger partial charge in [-0.3, -0.25) is 9.59 Å². The van der Waals surface area contributed by atoms with E-state index in [2.05, 4.69) is 41.0 Å². The molecule has 2 heterocycles. The van der Waals surface area contributed by atoms with Gasteiger partial charge in [0.25, 0.3) is 6.47 Å². The summed E-state index contributed by atoms with van der Waals surface area (Å²) >= 11 is 0. The number of esters is 2. The Morgan fingerprint density at radius 1 is 0.667 bits per heavy atom. The molecule has 7 rings (SSSR count). The van der Waals surface area contributed by atoms with Gasteiger partial charge in [0.2, 0.25) is 5.75 Å². The topological polar surface area (TPSA) is 249 Å². The zero-order valence-corrected chi connectivity index (χ0v) is 56.7. The zero-order chi connectivity index (χ0) is 69.4. The van der Waals surface area contributed by atoms with E-state index in [1.807, 2.05) is 97.0 Å². The van der Waals surface area contributed by atoms with E-state index in [4.69, 9.17) is 53.2 Å². The molecule has 20 heteroatoms. The molecule has 2 unspecified atom stereocenters. The molecular formula is C73H92N4O16. The van der Waals surface area contributed by atoms with Gasteiger partial charge in [0.05, 0.1) is 53.9 Å². The summed E-state index contributed by atoms with van der Waals surface area (Å²) in [5, 5.41) is 6.12. The van der Waals surface area contributed by atoms with Gasteiger partial charge in [-0.2, -0.15) is 0 Å². The Bertz CT molecular complexity index is 3640. The number of carbonyl (C=O) groups excluding carboxylic acids is 6. The number of aromatic nitrogens is 1. The third-order valence-electron chi connectivity index (χ3n) is 12.9. The molecule has 0 bridgehead atoms. The molecule has 20 nitrogen and oxygen atoms in total. The fourth-order valence-electron chi connectivity index (χ4n) is 9.02. The van der Waals surface area contributed by atoms with Gasteiger partial charge in [-0.15, -0.1) is 0 Å². The van der Waals surface area contributed by atoms with Crippen LogP contribution in [0, 0.1) is 6.92 Å². The minimum atomic E-state index is -1.26. The largest absolute Gasteiger partial charge is 0.497 e. The lowest BCUT2D eigenvalue weighted by molar-refractivity contribution is -0.137. The van der Waals surface area contributed by atoms with Gasteiger partial charge in [-0.25, -0.2) is 19.2 Å². The van der Waals surface area contributed by atoms with Crippen molar-refractivity contribution in [2.24, 2.45) is 5.73 Å². The van der Waals surface area contributed by atoms with Crippen molar-refractivity contribution in [1.82, 2.24) is 15.0 Å². The molecule has 4 N–H and O–H groups in total. The van der Waals surface area contributed by atoms with Crippen LogP contribution in [0.2, 0.25) is 0 Å². The van der Waals surface area contributed by atoms with E-state index in [1.54, 1.807) is 104 Å². The molecule has 0 aliphatic carbocycles.